The van der Waals surface area contributed by atoms with Crippen molar-refractivity contribution in [2.45, 2.75) is 19.8 Å². The number of halogens is 2. The Kier molecular flexibility index (Phi) is 9.56. The van der Waals surface area contributed by atoms with Crippen molar-refractivity contribution in [1.82, 2.24) is 10.2 Å². The highest BCUT2D eigenvalue weighted by molar-refractivity contribution is 14.0. The van der Waals surface area contributed by atoms with Gasteiger partial charge >= 0.3 is 5.97 Å². The summed E-state index contributed by atoms with van der Waals surface area (Å²) in [4.78, 5) is 18.3. The molecule has 25 heavy (non-hydrogen) atoms. The van der Waals surface area contributed by atoms with Gasteiger partial charge in [0.2, 0.25) is 0 Å². The van der Waals surface area contributed by atoms with Crippen molar-refractivity contribution >= 4 is 47.5 Å². The molecular weight excluding hydrogens is 453 g/mol. The van der Waals surface area contributed by atoms with Crippen LogP contribution in [0.3, 0.4) is 0 Å². The van der Waals surface area contributed by atoms with Crippen molar-refractivity contribution in [3.05, 3.63) is 34.9 Å². The summed E-state index contributed by atoms with van der Waals surface area (Å²) in [5.41, 5.74) is 1.27. The van der Waals surface area contributed by atoms with E-state index in [1.807, 2.05) is 12.1 Å². The molecule has 2 rings (SSSR count). The standard InChI is InChI=1S/C18H26ClN3O2.HI/c1-13-11-22(12-16(13)17(23)24-3)18(20-2)21-10-4-5-14-6-8-15(19)9-7-14;/h6-9,13,16H,4-5,10-12H2,1-3H3,(H,20,21);1H. The van der Waals surface area contributed by atoms with Gasteiger partial charge in [-0.2, -0.15) is 0 Å². The molecule has 0 spiro atoms. The zero-order valence-electron chi connectivity index (χ0n) is 15.0. The summed E-state index contributed by atoms with van der Waals surface area (Å²) in [7, 11) is 3.22. The number of likely N-dealkylation sites (tertiary alicyclic amines) is 1. The number of nitrogens with zero attached hydrogens (tertiary/aromatic N) is 2. The van der Waals surface area contributed by atoms with E-state index >= 15 is 0 Å². The molecule has 5 nitrogen and oxygen atoms in total. The molecule has 0 radical (unpaired) electrons. The van der Waals surface area contributed by atoms with Crippen molar-refractivity contribution < 1.29 is 9.53 Å². The summed E-state index contributed by atoms with van der Waals surface area (Å²) < 4.78 is 4.89. The van der Waals surface area contributed by atoms with Crippen LogP contribution in [0.25, 0.3) is 0 Å². The number of guanidine groups is 1. The van der Waals surface area contributed by atoms with Crippen molar-refractivity contribution in [1.29, 1.82) is 0 Å². The number of methoxy groups -OCH3 is 1. The fourth-order valence-electron chi connectivity index (χ4n) is 3.07. The number of aryl methyl sites for hydroxylation is 1. The minimum atomic E-state index is -0.136. The van der Waals surface area contributed by atoms with Crippen LogP contribution in [0.15, 0.2) is 29.3 Å². The first kappa shape index (κ1) is 22.0. The number of hydrogen-bond donors (Lipinski definition) is 1. The third-order valence-corrected chi connectivity index (χ3v) is 4.72. The number of hydrogen-bond acceptors (Lipinski definition) is 3. The molecule has 1 aromatic carbocycles. The predicted molar refractivity (Wildman–Crippen MR) is 113 cm³/mol. The monoisotopic (exact) mass is 479 g/mol. The Hall–Kier alpha value is -1.02. The van der Waals surface area contributed by atoms with E-state index in [9.17, 15) is 4.79 Å². The average molecular weight is 480 g/mol. The molecule has 0 saturated carbocycles. The van der Waals surface area contributed by atoms with E-state index in [1.54, 1.807) is 7.05 Å². The van der Waals surface area contributed by atoms with Crippen LogP contribution in [0.2, 0.25) is 5.02 Å². The Labute approximate surface area is 172 Å². The van der Waals surface area contributed by atoms with E-state index in [1.165, 1.54) is 12.7 Å². The van der Waals surface area contributed by atoms with Gasteiger partial charge in [0.25, 0.3) is 0 Å². The molecular formula is C18H27ClIN3O2. The zero-order valence-corrected chi connectivity index (χ0v) is 18.1. The second kappa shape index (κ2) is 10.9. The molecule has 2 unspecified atom stereocenters. The molecule has 7 heteroatoms. The normalized spacial score (nSPS) is 20.2. The lowest BCUT2D eigenvalue weighted by Gasteiger charge is -2.21. The molecule has 2 atom stereocenters. The lowest BCUT2D eigenvalue weighted by atomic mass is 9.99. The highest BCUT2D eigenvalue weighted by Crippen LogP contribution is 2.24. The number of esters is 1. The second-order valence-electron chi connectivity index (χ2n) is 6.22. The van der Waals surface area contributed by atoms with Crippen molar-refractivity contribution in [2.24, 2.45) is 16.8 Å². The summed E-state index contributed by atoms with van der Waals surface area (Å²) in [5.74, 6) is 0.903. The lowest BCUT2D eigenvalue weighted by molar-refractivity contribution is -0.145. The van der Waals surface area contributed by atoms with Crippen molar-refractivity contribution in [2.75, 3.05) is 33.8 Å². The van der Waals surface area contributed by atoms with Crippen LogP contribution in [-0.2, 0) is 16.0 Å². The van der Waals surface area contributed by atoms with E-state index in [0.717, 1.165) is 36.9 Å². The first-order valence-corrected chi connectivity index (χ1v) is 8.70. The molecule has 1 aliphatic heterocycles. The topological polar surface area (TPSA) is 53.9 Å². The lowest BCUT2D eigenvalue weighted by Crippen LogP contribution is -2.41. The van der Waals surface area contributed by atoms with E-state index in [0.29, 0.717) is 6.54 Å². The smallest absolute Gasteiger partial charge is 0.310 e. The number of benzene rings is 1. The molecule has 0 bridgehead atoms. The summed E-state index contributed by atoms with van der Waals surface area (Å²) in [6.45, 7) is 4.39. The SMILES string of the molecule is CN=C(NCCCc1ccc(Cl)cc1)N1CC(C)C(C(=O)OC)C1.I. The molecule has 140 valence electrons. The highest BCUT2D eigenvalue weighted by atomic mass is 127. The minimum Gasteiger partial charge on any atom is -0.469 e. The van der Waals surface area contributed by atoms with Gasteiger partial charge in [-0.15, -0.1) is 24.0 Å². The third kappa shape index (κ3) is 6.33. The molecule has 1 saturated heterocycles. The number of carbonyl (C=O) groups excluding carboxylic acids is 1. The van der Waals surface area contributed by atoms with E-state index < -0.39 is 0 Å². The molecule has 1 aromatic rings. The Morgan fingerprint density at radius 1 is 1.36 bits per heavy atom. The zero-order chi connectivity index (χ0) is 17.5. The Morgan fingerprint density at radius 3 is 2.64 bits per heavy atom. The van der Waals surface area contributed by atoms with Crippen LogP contribution in [0, 0.1) is 11.8 Å². The fraction of sp³-hybridized carbons (Fsp3) is 0.556. The van der Waals surface area contributed by atoms with Gasteiger partial charge in [0.05, 0.1) is 13.0 Å². The molecule has 1 heterocycles. The molecule has 1 N–H and O–H groups in total. The Bertz CT molecular complexity index is 580. The quantitative estimate of drug-likeness (QED) is 0.232. The van der Waals surface area contributed by atoms with Crippen LogP contribution in [-0.4, -0.2) is 50.6 Å². The maximum absolute atomic E-state index is 11.8. The summed E-state index contributed by atoms with van der Waals surface area (Å²) in [5, 5.41) is 4.15. The van der Waals surface area contributed by atoms with E-state index in [4.69, 9.17) is 16.3 Å². The van der Waals surface area contributed by atoms with Crippen LogP contribution < -0.4 is 5.32 Å². The van der Waals surface area contributed by atoms with Gasteiger partial charge in [0.15, 0.2) is 5.96 Å². The third-order valence-electron chi connectivity index (χ3n) is 4.47. The first-order chi connectivity index (χ1) is 11.5. The number of ether oxygens (including phenoxy) is 1. The largest absolute Gasteiger partial charge is 0.469 e. The highest BCUT2D eigenvalue weighted by Gasteiger charge is 2.36. The molecule has 0 amide bonds. The average Bonchev–Trinajstić information content (AvgIpc) is 2.97. The predicted octanol–water partition coefficient (Wildman–Crippen LogP) is 3.21. The van der Waals surface area contributed by atoms with Gasteiger partial charge in [0, 0.05) is 31.7 Å². The van der Waals surface area contributed by atoms with Gasteiger partial charge in [0.1, 0.15) is 0 Å². The van der Waals surface area contributed by atoms with Crippen LogP contribution >= 0.6 is 35.6 Å². The van der Waals surface area contributed by atoms with Gasteiger partial charge in [-0.3, -0.25) is 9.79 Å². The molecule has 0 aliphatic carbocycles. The number of aliphatic imine (C=N–C) groups is 1. The molecule has 1 fully saturated rings. The van der Waals surface area contributed by atoms with E-state index in [2.05, 4.69) is 34.3 Å². The maximum Gasteiger partial charge on any atom is 0.310 e. The first-order valence-electron chi connectivity index (χ1n) is 8.33. The second-order valence-corrected chi connectivity index (χ2v) is 6.65. The summed E-state index contributed by atoms with van der Waals surface area (Å²) in [6.07, 6.45) is 1.99. The Morgan fingerprint density at radius 2 is 2.04 bits per heavy atom. The number of carbonyl (C=O) groups is 1. The van der Waals surface area contributed by atoms with Crippen LogP contribution in [0.4, 0.5) is 0 Å². The molecule has 1 aliphatic rings. The Balaban J connectivity index is 0.00000312. The van der Waals surface area contributed by atoms with Gasteiger partial charge in [-0.25, -0.2) is 0 Å². The van der Waals surface area contributed by atoms with Crippen LogP contribution in [0.1, 0.15) is 18.9 Å². The maximum atomic E-state index is 11.8. The van der Waals surface area contributed by atoms with Gasteiger partial charge in [-0.1, -0.05) is 30.7 Å². The molecule has 0 aromatic heterocycles. The summed E-state index contributed by atoms with van der Waals surface area (Å²) in [6, 6.07) is 7.95. The van der Waals surface area contributed by atoms with Crippen molar-refractivity contribution in [3.63, 3.8) is 0 Å². The van der Waals surface area contributed by atoms with Crippen LogP contribution in [0.5, 0.6) is 0 Å². The summed E-state index contributed by atoms with van der Waals surface area (Å²) >= 11 is 5.90. The number of nitrogens with one attached hydrogen (secondary N) is 1. The van der Waals surface area contributed by atoms with Gasteiger partial charge < -0.3 is 15.0 Å². The van der Waals surface area contributed by atoms with Gasteiger partial charge in [-0.05, 0) is 36.5 Å². The van der Waals surface area contributed by atoms with Crippen molar-refractivity contribution in [3.8, 4) is 0 Å². The fourth-order valence-corrected chi connectivity index (χ4v) is 3.20. The minimum absolute atomic E-state index is 0. The van der Waals surface area contributed by atoms with E-state index in [-0.39, 0.29) is 41.8 Å². The number of rotatable bonds is 5.